The van der Waals surface area contributed by atoms with Gasteiger partial charge in [-0.05, 0) is 58.1 Å². The second-order valence-corrected chi connectivity index (χ2v) is 10.3. The zero-order chi connectivity index (χ0) is 23.7. The number of ether oxygens (including phenoxy) is 2. The summed E-state index contributed by atoms with van der Waals surface area (Å²) < 4.78 is 15.4. The molecule has 1 unspecified atom stereocenters. The minimum atomic E-state index is -0.438. The average Bonchev–Trinajstić information content (AvgIpc) is 3.33. The van der Waals surface area contributed by atoms with Gasteiger partial charge in [-0.3, -0.25) is 14.0 Å². The maximum Gasteiger partial charge on any atom is 0.274 e. The molecule has 178 valence electrons. The van der Waals surface area contributed by atoms with Gasteiger partial charge in [0.1, 0.15) is 11.3 Å². The highest BCUT2D eigenvalue weighted by Crippen LogP contribution is 2.58. The standard InChI is InChI=1S/C25H29N5O4/c1-4-15(2)34-21-17(20(31)26-18-6-5-9-30(22(18)32)16-7-8-16)10-29-11-19(27-23(29)28-21)25-12-24(3,13-25)33-14-25/h5-6,9-11,15-16H,4,7-8,12-14H2,1-3H3,(H,26,31). The van der Waals surface area contributed by atoms with Crippen molar-refractivity contribution in [1.29, 1.82) is 0 Å². The number of carbonyl (C=O) groups excluding carboxylic acids is 1. The average molecular weight is 464 g/mol. The second kappa shape index (κ2) is 7.40. The van der Waals surface area contributed by atoms with Crippen LogP contribution in [0, 0.1) is 0 Å². The van der Waals surface area contributed by atoms with E-state index < -0.39 is 5.91 Å². The lowest BCUT2D eigenvalue weighted by atomic mass is 9.62. The molecule has 0 aromatic carbocycles. The van der Waals surface area contributed by atoms with Crippen LogP contribution in [0.15, 0.2) is 35.5 Å². The molecular weight excluding hydrogens is 434 g/mol. The topological polar surface area (TPSA) is 99.8 Å². The summed E-state index contributed by atoms with van der Waals surface area (Å²) >= 11 is 0. The van der Waals surface area contributed by atoms with Gasteiger partial charge in [0.2, 0.25) is 11.7 Å². The predicted molar refractivity (Wildman–Crippen MR) is 126 cm³/mol. The van der Waals surface area contributed by atoms with Crippen molar-refractivity contribution in [3.63, 3.8) is 0 Å². The van der Waals surface area contributed by atoms with Crippen molar-refractivity contribution in [1.82, 2.24) is 18.9 Å². The summed E-state index contributed by atoms with van der Waals surface area (Å²) in [5.41, 5.74) is 1.10. The third-order valence-electron chi connectivity index (χ3n) is 7.37. The Morgan fingerprint density at radius 3 is 2.79 bits per heavy atom. The van der Waals surface area contributed by atoms with Crippen LogP contribution in [0.1, 0.15) is 75.0 Å². The first-order valence-corrected chi connectivity index (χ1v) is 12.0. The molecule has 34 heavy (non-hydrogen) atoms. The lowest BCUT2D eigenvalue weighted by molar-refractivity contribution is 0.0154. The Hall–Kier alpha value is -3.20. The molecule has 4 fully saturated rings. The molecule has 9 heteroatoms. The molecular formula is C25H29N5O4. The summed E-state index contributed by atoms with van der Waals surface area (Å²) in [6.45, 7) is 6.72. The van der Waals surface area contributed by atoms with Gasteiger partial charge in [-0.25, -0.2) is 4.98 Å². The zero-order valence-electron chi connectivity index (χ0n) is 19.7. The lowest BCUT2D eigenvalue weighted by Crippen LogP contribution is -2.45. The molecule has 0 spiro atoms. The van der Waals surface area contributed by atoms with Crippen LogP contribution < -0.4 is 15.6 Å². The molecule has 2 saturated carbocycles. The molecule has 2 bridgehead atoms. The maximum absolute atomic E-state index is 13.3. The third kappa shape index (κ3) is 3.41. The largest absolute Gasteiger partial charge is 0.474 e. The Morgan fingerprint density at radius 2 is 2.12 bits per heavy atom. The number of carbonyl (C=O) groups is 1. The first-order chi connectivity index (χ1) is 16.3. The van der Waals surface area contributed by atoms with Gasteiger partial charge in [0, 0.05) is 30.0 Å². The number of hydrogen-bond donors (Lipinski definition) is 1. The number of rotatable bonds is 7. The quantitative estimate of drug-likeness (QED) is 0.576. The van der Waals surface area contributed by atoms with Crippen LogP contribution in [0.3, 0.4) is 0 Å². The normalized spacial score (nSPS) is 26.3. The first kappa shape index (κ1) is 21.3. The fraction of sp³-hybridized carbons (Fsp3) is 0.520. The van der Waals surface area contributed by atoms with E-state index in [9.17, 15) is 9.59 Å². The van der Waals surface area contributed by atoms with E-state index in [0.717, 1.165) is 37.8 Å². The summed E-state index contributed by atoms with van der Waals surface area (Å²) in [5, 5.41) is 2.78. The molecule has 3 aromatic heterocycles. The molecule has 2 saturated heterocycles. The molecule has 7 rings (SSSR count). The fourth-order valence-electron chi connectivity index (χ4n) is 5.27. The number of imidazole rings is 1. The van der Waals surface area contributed by atoms with Gasteiger partial charge in [-0.2, -0.15) is 4.98 Å². The molecule has 3 aromatic rings. The van der Waals surface area contributed by atoms with Crippen molar-refractivity contribution in [3.05, 3.63) is 52.3 Å². The van der Waals surface area contributed by atoms with Crippen molar-refractivity contribution < 1.29 is 14.3 Å². The second-order valence-electron chi connectivity index (χ2n) is 10.3. The Morgan fingerprint density at radius 1 is 1.32 bits per heavy atom. The van der Waals surface area contributed by atoms with Crippen LogP contribution in [0.5, 0.6) is 5.88 Å². The van der Waals surface area contributed by atoms with Gasteiger partial charge in [0.25, 0.3) is 11.5 Å². The molecule has 1 amide bonds. The van der Waals surface area contributed by atoms with Crippen molar-refractivity contribution in [2.75, 3.05) is 11.9 Å². The van der Waals surface area contributed by atoms with Crippen LogP contribution in [-0.2, 0) is 10.2 Å². The van der Waals surface area contributed by atoms with E-state index in [2.05, 4.69) is 17.2 Å². The molecule has 0 radical (unpaired) electrons. The van der Waals surface area contributed by atoms with E-state index in [-0.39, 0.29) is 45.9 Å². The Bertz CT molecular complexity index is 1350. The van der Waals surface area contributed by atoms with E-state index in [1.165, 1.54) is 0 Å². The number of nitrogens with one attached hydrogen (secondary N) is 1. The SMILES string of the molecule is CCC(C)Oc1nc2nc(C34COC(C)(C3)C4)cn2cc1C(=O)Nc1cccn(C2CC2)c1=O. The Labute approximate surface area is 197 Å². The van der Waals surface area contributed by atoms with Gasteiger partial charge in [0.15, 0.2) is 0 Å². The number of amides is 1. The summed E-state index contributed by atoms with van der Waals surface area (Å²) in [6, 6.07) is 3.64. The third-order valence-corrected chi connectivity index (χ3v) is 7.37. The van der Waals surface area contributed by atoms with E-state index in [1.807, 2.05) is 20.0 Å². The first-order valence-electron chi connectivity index (χ1n) is 12.0. The van der Waals surface area contributed by atoms with Crippen LogP contribution >= 0.6 is 0 Å². The molecule has 5 heterocycles. The van der Waals surface area contributed by atoms with Gasteiger partial charge < -0.3 is 19.4 Å². The number of nitrogens with zero attached hydrogens (tertiary/aromatic N) is 4. The molecule has 9 nitrogen and oxygen atoms in total. The van der Waals surface area contributed by atoms with Crippen molar-refractivity contribution in [2.45, 2.75) is 76.0 Å². The Balaban J connectivity index is 1.36. The molecule has 4 aliphatic rings. The predicted octanol–water partition coefficient (Wildman–Crippen LogP) is 3.48. The van der Waals surface area contributed by atoms with Gasteiger partial charge >= 0.3 is 0 Å². The van der Waals surface area contributed by atoms with E-state index >= 15 is 0 Å². The highest BCUT2D eigenvalue weighted by Gasteiger charge is 2.61. The van der Waals surface area contributed by atoms with E-state index in [0.29, 0.717) is 12.4 Å². The summed E-state index contributed by atoms with van der Waals surface area (Å²) in [7, 11) is 0. The molecule has 2 aliphatic carbocycles. The molecule has 2 aliphatic heterocycles. The summed E-state index contributed by atoms with van der Waals surface area (Å²) in [4.78, 5) is 35.5. The van der Waals surface area contributed by atoms with Crippen LogP contribution in [0.4, 0.5) is 5.69 Å². The number of hydrogen-bond acceptors (Lipinski definition) is 6. The number of anilines is 1. The Kier molecular flexibility index (Phi) is 4.64. The van der Waals surface area contributed by atoms with Crippen LogP contribution in [0.2, 0.25) is 0 Å². The van der Waals surface area contributed by atoms with Crippen molar-refractivity contribution >= 4 is 17.4 Å². The fourth-order valence-corrected chi connectivity index (χ4v) is 5.27. The summed E-state index contributed by atoms with van der Waals surface area (Å²) in [6.07, 6.45) is 9.88. The van der Waals surface area contributed by atoms with Gasteiger partial charge in [-0.15, -0.1) is 0 Å². The van der Waals surface area contributed by atoms with Gasteiger partial charge in [0.05, 0.1) is 24.0 Å². The lowest BCUT2D eigenvalue weighted by Gasteiger charge is -2.41. The number of fused-ring (bicyclic) bond motifs is 2. The molecule has 1 atom stereocenters. The van der Waals surface area contributed by atoms with E-state index in [1.54, 1.807) is 33.5 Å². The number of pyridine rings is 1. The molecule has 1 N–H and O–H groups in total. The highest BCUT2D eigenvalue weighted by atomic mass is 16.5. The number of aromatic nitrogens is 4. The smallest absolute Gasteiger partial charge is 0.274 e. The van der Waals surface area contributed by atoms with E-state index in [4.69, 9.17) is 14.5 Å². The zero-order valence-corrected chi connectivity index (χ0v) is 19.7. The monoisotopic (exact) mass is 463 g/mol. The minimum absolute atomic E-state index is 0.0534. The van der Waals surface area contributed by atoms with Gasteiger partial charge in [-0.1, -0.05) is 6.92 Å². The minimum Gasteiger partial charge on any atom is -0.474 e. The van der Waals surface area contributed by atoms with Crippen LogP contribution in [-0.4, -0.2) is 43.2 Å². The maximum atomic E-state index is 13.3. The van der Waals surface area contributed by atoms with Crippen molar-refractivity contribution in [3.8, 4) is 5.88 Å². The summed E-state index contributed by atoms with van der Waals surface area (Å²) in [5.74, 6) is 0.260. The highest BCUT2D eigenvalue weighted by molar-refractivity contribution is 6.05. The van der Waals surface area contributed by atoms with Crippen molar-refractivity contribution in [2.24, 2.45) is 0 Å². The van der Waals surface area contributed by atoms with Crippen LogP contribution in [0.25, 0.3) is 5.78 Å².